The van der Waals surface area contributed by atoms with E-state index in [0.717, 1.165) is 25.7 Å². The molecule has 0 amide bonds. The van der Waals surface area contributed by atoms with Crippen LogP contribution in [0.15, 0.2) is 24.3 Å². The Balaban J connectivity index is 2.25. The minimum Gasteiger partial charge on any atom is -0.469 e. The first-order chi connectivity index (χ1) is 9.26. The Bertz CT molecular complexity index is 357. The van der Waals surface area contributed by atoms with E-state index in [1.807, 2.05) is 0 Å². The molecule has 0 spiro atoms. The van der Waals surface area contributed by atoms with Crippen LogP contribution in [0.25, 0.3) is 0 Å². The van der Waals surface area contributed by atoms with E-state index in [9.17, 15) is 4.79 Å². The van der Waals surface area contributed by atoms with Gasteiger partial charge in [-0.1, -0.05) is 37.1 Å². The van der Waals surface area contributed by atoms with Crippen molar-refractivity contribution in [2.24, 2.45) is 0 Å². The summed E-state index contributed by atoms with van der Waals surface area (Å²) in [4.78, 5) is 11.0. The fraction of sp³-hybridized carbons (Fsp3) is 0.562. The van der Waals surface area contributed by atoms with E-state index in [1.165, 1.54) is 31.1 Å². The predicted octanol–water partition coefficient (Wildman–Crippen LogP) is 2.89. The summed E-state index contributed by atoms with van der Waals surface area (Å²) in [5, 5.41) is 8.69. The SMILES string of the molecule is COC(=O)CCc1ccc(CCCCCCO)cc1. The Morgan fingerprint density at radius 1 is 1.00 bits per heavy atom. The first kappa shape index (κ1) is 15.7. The van der Waals surface area contributed by atoms with Crippen molar-refractivity contribution in [1.29, 1.82) is 0 Å². The average Bonchev–Trinajstić information content (AvgIpc) is 2.45. The van der Waals surface area contributed by atoms with Crippen LogP contribution >= 0.6 is 0 Å². The van der Waals surface area contributed by atoms with Crippen LogP contribution in [-0.2, 0) is 22.4 Å². The molecule has 19 heavy (non-hydrogen) atoms. The maximum absolute atomic E-state index is 11.0. The van der Waals surface area contributed by atoms with Crippen LogP contribution in [0.3, 0.4) is 0 Å². The minimum atomic E-state index is -0.159. The Labute approximate surface area is 115 Å². The van der Waals surface area contributed by atoms with E-state index in [2.05, 4.69) is 29.0 Å². The van der Waals surface area contributed by atoms with E-state index in [-0.39, 0.29) is 5.97 Å². The normalized spacial score (nSPS) is 10.4. The second-order valence-electron chi connectivity index (χ2n) is 4.78. The number of benzene rings is 1. The van der Waals surface area contributed by atoms with Crippen molar-refractivity contribution in [3.63, 3.8) is 0 Å². The molecule has 1 aromatic carbocycles. The average molecular weight is 264 g/mol. The molecule has 0 aliphatic carbocycles. The molecule has 0 unspecified atom stereocenters. The van der Waals surface area contributed by atoms with Crippen LogP contribution in [0.1, 0.15) is 43.2 Å². The molecule has 3 heteroatoms. The van der Waals surface area contributed by atoms with Crippen LogP contribution in [0.2, 0.25) is 0 Å². The van der Waals surface area contributed by atoms with Gasteiger partial charge in [0.25, 0.3) is 0 Å². The Morgan fingerprint density at radius 3 is 2.16 bits per heavy atom. The van der Waals surface area contributed by atoms with Gasteiger partial charge in [-0.15, -0.1) is 0 Å². The monoisotopic (exact) mass is 264 g/mol. The van der Waals surface area contributed by atoms with Crippen LogP contribution in [0.4, 0.5) is 0 Å². The standard InChI is InChI=1S/C16H24O3/c1-19-16(18)12-11-15-9-7-14(8-10-15)6-4-2-3-5-13-17/h7-10,17H,2-6,11-13H2,1H3. The molecule has 0 radical (unpaired) electrons. The zero-order valence-corrected chi connectivity index (χ0v) is 11.7. The number of carbonyl (C=O) groups excluding carboxylic acids is 1. The predicted molar refractivity (Wildman–Crippen MR) is 76.0 cm³/mol. The number of hydrogen-bond acceptors (Lipinski definition) is 3. The highest BCUT2D eigenvalue weighted by Crippen LogP contribution is 2.11. The van der Waals surface area contributed by atoms with E-state index in [1.54, 1.807) is 0 Å². The molecule has 0 saturated carbocycles. The Hall–Kier alpha value is -1.35. The number of esters is 1. The van der Waals surface area contributed by atoms with Crippen LogP contribution in [0, 0.1) is 0 Å². The van der Waals surface area contributed by atoms with Gasteiger partial charge in [-0.2, -0.15) is 0 Å². The summed E-state index contributed by atoms with van der Waals surface area (Å²) in [5.41, 5.74) is 2.51. The topological polar surface area (TPSA) is 46.5 Å². The van der Waals surface area contributed by atoms with E-state index in [4.69, 9.17) is 5.11 Å². The molecule has 1 rings (SSSR count). The van der Waals surface area contributed by atoms with Crippen molar-refractivity contribution < 1.29 is 14.6 Å². The number of unbranched alkanes of at least 4 members (excludes halogenated alkanes) is 3. The van der Waals surface area contributed by atoms with Crippen LogP contribution < -0.4 is 0 Å². The van der Waals surface area contributed by atoms with Crippen LogP contribution in [-0.4, -0.2) is 24.8 Å². The number of rotatable bonds is 9. The zero-order chi connectivity index (χ0) is 13.9. The summed E-state index contributed by atoms with van der Waals surface area (Å²) >= 11 is 0. The highest BCUT2D eigenvalue weighted by molar-refractivity contribution is 5.69. The third-order valence-corrected chi connectivity index (χ3v) is 3.24. The Kier molecular flexibility index (Phi) is 7.91. The number of methoxy groups -OCH3 is 1. The third kappa shape index (κ3) is 6.97. The first-order valence-corrected chi connectivity index (χ1v) is 7.01. The molecule has 0 saturated heterocycles. The molecule has 106 valence electrons. The lowest BCUT2D eigenvalue weighted by Crippen LogP contribution is -2.01. The first-order valence-electron chi connectivity index (χ1n) is 7.01. The van der Waals surface area contributed by atoms with Crippen LogP contribution in [0.5, 0.6) is 0 Å². The second-order valence-corrected chi connectivity index (χ2v) is 4.78. The van der Waals surface area contributed by atoms with Gasteiger partial charge in [0, 0.05) is 13.0 Å². The van der Waals surface area contributed by atoms with Crippen molar-refractivity contribution in [2.75, 3.05) is 13.7 Å². The lowest BCUT2D eigenvalue weighted by Gasteiger charge is -2.04. The fourth-order valence-corrected chi connectivity index (χ4v) is 2.02. The summed E-state index contributed by atoms with van der Waals surface area (Å²) in [7, 11) is 1.42. The quantitative estimate of drug-likeness (QED) is 0.551. The summed E-state index contributed by atoms with van der Waals surface area (Å²) in [5.74, 6) is -0.159. The lowest BCUT2D eigenvalue weighted by atomic mass is 10.0. The maximum Gasteiger partial charge on any atom is 0.305 e. The van der Waals surface area contributed by atoms with Crippen molar-refractivity contribution in [3.8, 4) is 0 Å². The molecule has 1 aromatic rings. The Morgan fingerprint density at radius 2 is 1.58 bits per heavy atom. The molecule has 0 fully saturated rings. The van der Waals surface area contributed by atoms with E-state index >= 15 is 0 Å². The summed E-state index contributed by atoms with van der Waals surface area (Å²) in [6.07, 6.45) is 6.62. The molecule has 0 atom stereocenters. The summed E-state index contributed by atoms with van der Waals surface area (Å²) < 4.78 is 4.62. The molecular formula is C16H24O3. The highest BCUT2D eigenvalue weighted by Gasteiger charge is 2.01. The number of hydrogen-bond donors (Lipinski definition) is 1. The number of ether oxygens (including phenoxy) is 1. The summed E-state index contributed by atoms with van der Waals surface area (Å²) in [6, 6.07) is 8.45. The molecule has 3 nitrogen and oxygen atoms in total. The molecule has 0 heterocycles. The minimum absolute atomic E-state index is 0.159. The van der Waals surface area contributed by atoms with Gasteiger partial charge in [-0.25, -0.2) is 0 Å². The van der Waals surface area contributed by atoms with Gasteiger partial charge >= 0.3 is 5.97 Å². The number of aliphatic hydroxyl groups excluding tert-OH is 1. The fourth-order valence-electron chi connectivity index (χ4n) is 2.02. The van der Waals surface area contributed by atoms with Crippen molar-refractivity contribution >= 4 is 5.97 Å². The second kappa shape index (κ2) is 9.56. The largest absolute Gasteiger partial charge is 0.469 e. The van der Waals surface area contributed by atoms with Crippen molar-refractivity contribution in [1.82, 2.24) is 0 Å². The summed E-state index contributed by atoms with van der Waals surface area (Å²) in [6.45, 7) is 0.300. The van der Waals surface area contributed by atoms with Gasteiger partial charge in [-0.3, -0.25) is 4.79 Å². The highest BCUT2D eigenvalue weighted by atomic mass is 16.5. The van der Waals surface area contributed by atoms with Gasteiger partial charge in [0.1, 0.15) is 0 Å². The third-order valence-electron chi connectivity index (χ3n) is 3.24. The number of carbonyl (C=O) groups is 1. The zero-order valence-electron chi connectivity index (χ0n) is 11.7. The van der Waals surface area contributed by atoms with E-state index in [0.29, 0.717) is 13.0 Å². The smallest absolute Gasteiger partial charge is 0.305 e. The number of aryl methyl sites for hydroxylation is 2. The van der Waals surface area contributed by atoms with Gasteiger partial charge < -0.3 is 9.84 Å². The number of aliphatic hydroxyl groups is 1. The molecule has 0 aliphatic rings. The molecule has 1 N–H and O–H groups in total. The van der Waals surface area contributed by atoms with Gasteiger partial charge in [0.2, 0.25) is 0 Å². The maximum atomic E-state index is 11.0. The lowest BCUT2D eigenvalue weighted by molar-refractivity contribution is -0.140. The van der Waals surface area contributed by atoms with Gasteiger partial charge in [0.15, 0.2) is 0 Å². The molecule has 0 aromatic heterocycles. The van der Waals surface area contributed by atoms with Crippen molar-refractivity contribution in [2.45, 2.75) is 44.9 Å². The van der Waals surface area contributed by atoms with Gasteiger partial charge in [-0.05, 0) is 36.8 Å². The molecule has 0 bridgehead atoms. The van der Waals surface area contributed by atoms with E-state index < -0.39 is 0 Å². The molecular weight excluding hydrogens is 240 g/mol. The molecule has 0 aliphatic heterocycles. The van der Waals surface area contributed by atoms with Crippen molar-refractivity contribution in [3.05, 3.63) is 35.4 Å². The van der Waals surface area contributed by atoms with Gasteiger partial charge in [0.05, 0.1) is 7.11 Å².